The number of para-hydroxylation sites is 1. The normalized spacial score (nSPS) is 12.0. The van der Waals surface area contributed by atoms with Crippen LogP contribution in [-0.4, -0.2) is 22.0 Å². The maximum atomic E-state index is 12.3. The van der Waals surface area contributed by atoms with Crippen LogP contribution in [0.3, 0.4) is 0 Å². The van der Waals surface area contributed by atoms with Gasteiger partial charge in [-0.3, -0.25) is 4.79 Å². The number of amides is 1. The molecule has 0 unspecified atom stereocenters. The third kappa shape index (κ3) is 3.05. The molecule has 0 radical (unpaired) electrons. The monoisotopic (exact) mass is 328 g/mol. The van der Waals surface area contributed by atoms with Crippen molar-refractivity contribution < 1.29 is 14.7 Å². The Labute approximate surface area is 136 Å². The van der Waals surface area contributed by atoms with Crippen molar-refractivity contribution in [3.63, 3.8) is 0 Å². The van der Waals surface area contributed by atoms with Crippen LogP contribution in [0.25, 0.3) is 10.9 Å². The number of halogens is 1. The topological polar surface area (TPSA) is 82.2 Å². The number of carbonyl (C=O) groups excluding carboxylic acids is 1. The lowest BCUT2D eigenvalue weighted by atomic mass is 10.1. The number of carbonyl (C=O) groups is 2. The molecule has 0 fully saturated rings. The van der Waals surface area contributed by atoms with Gasteiger partial charge in [0, 0.05) is 33.2 Å². The molecule has 1 aromatic heterocycles. The predicted octanol–water partition coefficient (Wildman–Crippen LogP) is 3.38. The number of aromatic nitrogens is 1. The molecule has 0 saturated carbocycles. The van der Waals surface area contributed by atoms with Crippen LogP contribution in [0.5, 0.6) is 0 Å². The summed E-state index contributed by atoms with van der Waals surface area (Å²) < 4.78 is 0. The van der Waals surface area contributed by atoms with Gasteiger partial charge in [-0.15, -0.1) is 0 Å². The molecule has 0 bridgehead atoms. The van der Waals surface area contributed by atoms with Gasteiger partial charge in [-0.2, -0.15) is 0 Å². The number of aliphatic carboxylic acids is 1. The van der Waals surface area contributed by atoms with Gasteiger partial charge >= 0.3 is 5.97 Å². The second-order valence-corrected chi connectivity index (χ2v) is 5.48. The van der Waals surface area contributed by atoms with Gasteiger partial charge in [0.1, 0.15) is 0 Å². The van der Waals surface area contributed by atoms with Crippen molar-refractivity contribution in [2.45, 2.75) is 6.04 Å². The minimum absolute atomic E-state index is 0.348. The Bertz CT molecular complexity index is 871. The molecule has 3 rings (SSSR count). The summed E-state index contributed by atoms with van der Waals surface area (Å²) in [4.78, 5) is 26.9. The molecule has 0 aliphatic heterocycles. The molecule has 1 heterocycles. The maximum Gasteiger partial charge on any atom is 0.331 e. The van der Waals surface area contributed by atoms with Gasteiger partial charge in [-0.1, -0.05) is 29.8 Å². The molecule has 2 aromatic carbocycles. The summed E-state index contributed by atoms with van der Waals surface area (Å²) in [6.07, 6.45) is 1.60. The number of aromatic amines is 1. The lowest BCUT2D eigenvalue weighted by molar-refractivity contribution is -0.139. The number of hydrogen-bond acceptors (Lipinski definition) is 2. The van der Waals surface area contributed by atoms with E-state index >= 15 is 0 Å². The molecule has 1 amide bonds. The standard InChI is InChI=1S/C17H13ClN2O3/c18-11-7-5-10(6-8-11)16(21)20-15(17(22)23)13-9-19-14-4-2-1-3-12(13)14/h1-9,15,19H,(H,20,21)(H,22,23)/t15-/m1/s1. The Morgan fingerprint density at radius 1 is 1.09 bits per heavy atom. The lowest BCUT2D eigenvalue weighted by Gasteiger charge is -2.14. The molecule has 0 spiro atoms. The first-order valence-corrected chi connectivity index (χ1v) is 7.29. The van der Waals surface area contributed by atoms with E-state index in [0.717, 1.165) is 10.9 Å². The van der Waals surface area contributed by atoms with Gasteiger partial charge in [0.2, 0.25) is 0 Å². The number of carboxylic acids is 1. The minimum Gasteiger partial charge on any atom is -0.479 e. The molecule has 3 aromatic rings. The summed E-state index contributed by atoms with van der Waals surface area (Å²) in [5, 5.41) is 13.3. The molecule has 0 aliphatic rings. The number of hydrogen-bond donors (Lipinski definition) is 3. The van der Waals surface area contributed by atoms with Crippen LogP contribution in [-0.2, 0) is 4.79 Å². The molecular formula is C17H13ClN2O3. The second kappa shape index (κ2) is 6.14. The Morgan fingerprint density at radius 2 is 1.78 bits per heavy atom. The summed E-state index contributed by atoms with van der Waals surface area (Å²) in [7, 11) is 0. The number of benzene rings is 2. The fourth-order valence-corrected chi connectivity index (χ4v) is 2.55. The minimum atomic E-state index is -1.14. The van der Waals surface area contributed by atoms with Crippen LogP contribution < -0.4 is 5.32 Å². The van der Waals surface area contributed by atoms with E-state index in [0.29, 0.717) is 16.1 Å². The van der Waals surface area contributed by atoms with Gasteiger partial charge < -0.3 is 15.4 Å². The molecular weight excluding hydrogens is 316 g/mol. The Kier molecular flexibility index (Phi) is 4.04. The first-order chi connectivity index (χ1) is 11.1. The van der Waals surface area contributed by atoms with Crippen molar-refractivity contribution in [1.29, 1.82) is 0 Å². The summed E-state index contributed by atoms with van der Waals surface area (Å²) in [5.74, 6) is -1.60. The zero-order valence-electron chi connectivity index (χ0n) is 11.9. The highest BCUT2D eigenvalue weighted by Gasteiger charge is 2.25. The van der Waals surface area contributed by atoms with E-state index < -0.39 is 17.9 Å². The Morgan fingerprint density at radius 3 is 2.48 bits per heavy atom. The maximum absolute atomic E-state index is 12.3. The molecule has 0 aliphatic carbocycles. The average Bonchev–Trinajstić information content (AvgIpc) is 2.96. The van der Waals surface area contributed by atoms with Crippen LogP contribution in [0.15, 0.2) is 54.7 Å². The van der Waals surface area contributed by atoms with Crippen molar-refractivity contribution in [1.82, 2.24) is 10.3 Å². The highest BCUT2D eigenvalue weighted by molar-refractivity contribution is 6.30. The highest BCUT2D eigenvalue weighted by Crippen LogP contribution is 2.24. The highest BCUT2D eigenvalue weighted by atomic mass is 35.5. The van der Waals surface area contributed by atoms with Gasteiger partial charge in [-0.05, 0) is 30.3 Å². The van der Waals surface area contributed by atoms with Crippen molar-refractivity contribution in [2.24, 2.45) is 0 Å². The van der Waals surface area contributed by atoms with Crippen LogP contribution in [0.4, 0.5) is 0 Å². The zero-order chi connectivity index (χ0) is 16.4. The van der Waals surface area contributed by atoms with Crippen LogP contribution >= 0.6 is 11.6 Å². The molecule has 23 heavy (non-hydrogen) atoms. The summed E-state index contributed by atoms with van der Waals surface area (Å²) in [6.45, 7) is 0. The number of fused-ring (bicyclic) bond motifs is 1. The third-order valence-corrected chi connectivity index (χ3v) is 3.81. The van der Waals surface area contributed by atoms with Gasteiger partial charge in [-0.25, -0.2) is 4.79 Å². The van der Waals surface area contributed by atoms with E-state index in [9.17, 15) is 14.7 Å². The quantitative estimate of drug-likeness (QED) is 0.686. The fraction of sp³-hybridized carbons (Fsp3) is 0.0588. The SMILES string of the molecule is O=C(N[C@@H](C(=O)O)c1c[nH]c2ccccc12)c1ccc(Cl)cc1. The summed E-state index contributed by atoms with van der Waals surface area (Å²) in [5.41, 5.74) is 1.67. The lowest BCUT2D eigenvalue weighted by Crippen LogP contribution is -2.33. The van der Waals surface area contributed by atoms with Crippen molar-refractivity contribution in [2.75, 3.05) is 0 Å². The third-order valence-electron chi connectivity index (χ3n) is 3.56. The van der Waals surface area contributed by atoms with Crippen molar-refractivity contribution >= 4 is 34.4 Å². The Hall–Kier alpha value is -2.79. The van der Waals surface area contributed by atoms with E-state index in [1.54, 1.807) is 30.5 Å². The fourth-order valence-electron chi connectivity index (χ4n) is 2.42. The molecule has 1 atom stereocenters. The molecule has 5 nitrogen and oxygen atoms in total. The van der Waals surface area contributed by atoms with Crippen LogP contribution in [0.1, 0.15) is 22.0 Å². The van der Waals surface area contributed by atoms with Gasteiger partial charge in [0.25, 0.3) is 5.91 Å². The van der Waals surface area contributed by atoms with E-state index in [2.05, 4.69) is 10.3 Å². The smallest absolute Gasteiger partial charge is 0.331 e. The Balaban J connectivity index is 1.92. The zero-order valence-corrected chi connectivity index (χ0v) is 12.7. The van der Waals surface area contributed by atoms with E-state index in [4.69, 9.17) is 11.6 Å². The number of carboxylic acid groups (broad SMARTS) is 1. The van der Waals surface area contributed by atoms with Gasteiger partial charge in [0.15, 0.2) is 6.04 Å². The average molecular weight is 329 g/mol. The molecule has 116 valence electrons. The molecule has 6 heteroatoms. The van der Waals surface area contributed by atoms with E-state index in [1.165, 1.54) is 0 Å². The molecule has 3 N–H and O–H groups in total. The predicted molar refractivity (Wildman–Crippen MR) is 87.6 cm³/mol. The molecule has 0 saturated heterocycles. The first kappa shape index (κ1) is 15.1. The van der Waals surface area contributed by atoms with E-state index in [1.807, 2.05) is 24.3 Å². The summed E-state index contributed by atoms with van der Waals surface area (Å²) >= 11 is 5.79. The number of rotatable bonds is 4. The van der Waals surface area contributed by atoms with Gasteiger partial charge in [0.05, 0.1) is 0 Å². The van der Waals surface area contributed by atoms with Crippen molar-refractivity contribution in [3.8, 4) is 0 Å². The number of nitrogens with one attached hydrogen (secondary N) is 2. The largest absolute Gasteiger partial charge is 0.479 e. The first-order valence-electron chi connectivity index (χ1n) is 6.91. The van der Waals surface area contributed by atoms with Crippen molar-refractivity contribution in [3.05, 3.63) is 70.9 Å². The summed E-state index contributed by atoms with van der Waals surface area (Å²) in [6, 6.07) is 12.4. The number of H-pyrrole nitrogens is 1. The van der Waals surface area contributed by atoms with Crippen LogP contribution in [0.2, 0.25) is 5.02 Å². The van der Waals surface area contributed by atoms with E-state index in [-0.39, 0.29) is 0 Å². The second-order valence-electron chi connectivity index (χ2n) is 5.04. The van der Waals surface area contributed by atoms with Crippen LogP contribution in [0, 0.1) is 0 Å².